The van der Waals surface area contributed by atoms with Gasteiger partial charge in [0.1, 0.15) is 5.69 Å². The van der Waals surface area contributed by atoms with E-state index < -0.39 is 0 Å². The van der Waals surface area contributed by atoms with Crippen molar-refractivity contribution < 1.29 is 4.42 Å². The molecule has 0 saturated carbocycles. The summed E-state index contributed by atoms with van der Waals surface area (Å²) >= 11 is 3.23. The van der Waals surface area contributed by atoms with E-state index in [0.717, 1.165) is 17.0 Å². The predicted molar refractivity (Wildman–Crippen MR) is 51.9 cm³/mol. The van der Waals surface area contributed by atoms with Gasteiger partial charge in [0.2, 0.25) is 0 Å². The molecular weight excluding hydrogens is 234 g/mol. The minimum atomic E-state index is 0.449. The average molecular weight is 242 g/mol. The Balaban J connectivity index is 2.45. The summed E-state index contributed by atoms with van der Waals surface area (Å²) in [5.41, 5.74) is 7.31. The number of H-pyrrole nitrogens is 1. The van der Waals surface area contributed by atoms with E-state index in [1.54, 1.807) is 6.20 Å². The van der Waals surface area contributed by atoms with Crippen molar-refractivity contribution in [3.05, 3.63) is 28.6 Å². The highest BCUT2D eigenvalue weighted by atomic mass is 79.9. The molecule has 5 heteroatoms. The van der Waals surface area contributed by atoms with E-state index in [0.29, 0.717) is 11.2 Å². The first kappa shape index (κ1) is 8.52. The first-order valence-electron chi connectivity index (χ1n) is 3.79. The number of aromatic nitrogens is 2. The first-order valence-corrected chi connectivity index (χ1v) is 4.58. The Morgan fingerprint density at radius 1 is 1.54 bits per heavy atom. The molecule has 0 radical (unpaired) electrons. The Bertz CT molecular complexity index is 407. The van der Waals surface area contributed by atoms with Gasteiger partial charge in [-0.1, -0.05) is 0 Å². The molecule has 4 nitrogen and oxygen atoms in total. The zero-order valence-corrected chi connectivity index (χ0v) is 8.34. The summed E-state index contributed by atoms with van der Waals surface area (Å²) < 4.78 is 6.05. The highest BCUT2D eigenvalue weighted by Gasteiger charge is 2.09. The van der Waals surface area contributed by atoms with Crippen LogP contribution in [0.15, 0.2) is 27.4 Å². The highest BCUT2D eigenvalue weighted by Crippen LogP contribution is 2.25. The van der Waals surface area contributed by atoms with Crippen LogP contribution in [0.1, 0.15) is 5.56 Å². The van der Waals surface area contributed by atoms with Crippen LogP contribution in [0, 0.1) is 0 Å². The Kier molecular flexibility index (Phi) is 2.20. The van der Waals surface area contributed by atoms with Crippen LogP contribution in [-0.4, -0.2) is 10.2 Å². The lowest BCUT2D eigenvalue weighted by Gasteiger charge is -1.94. The molecule has 3 N–H and O–H groups in total. The zero-order valence-electron chi connectivity index (χ0n) is 6.75. The van der Waals surface area contributed by atoms with Crippen LogP contribution in [-0.2, 0) is 6.54 Å². The Morgan fingerprint density at radius 2 is 2.38 bits per heavy atom. The molecular formula is C8H8BrN3O. The van der Waals surface area contributed by atoms with E-state index in [1.807, 2.05) is 12.1 Å². The maximum Gasteiger partial charge on any atom is 0.169 e. The van der Waals surface area contributed by atoms with Crippen molar-refractivity contribution >= 4 is 15.9 Å². The summed E-state index contributed by atoms with van der Waals surface area (Å²) in [6.07, 6.45) is 1.70. The number of aromatic amines is 1. The van der Waals surface area contributed by atoms with E-state index in [-0.39, 0.29) is 0 Å². The standard InChI is InChI=1S/C8H8BrN3O/c9-7-2-1-6(13-7)8-5(3-10)4-11-12-8/h1-2,4H,3,10H2,(H,11,12). The number of hydrogen-bond donors (Lipinski definition) is 2. The third-order valence-corrected chi connectivity index (χ3v) is 2.18. The van der Waals surface area contributed by atoms with Gasteiger partial charge in [0.05, 0.1) is 6.20 Å². The topological polar surface area (TPSA) is 67.8 Å². The first-order chi connectivity index (χ1) is 6.31. The summed E-state index contributed by atoms with van der Waals surface area (Å²) in [5.74, 6) is 0.741. The molecule has 2 aromatic heterocycles. The van der Waals surface area contributed by atoms with Gasteiger partial charge in [-0.15, -0.1) is 0 Å². The second-order valence-electron chi connectivity index (χ2n) is 2.58. The van der Waals surface area contributed by atoms with Gasteiger partial charge in [-0.2, -0.15) is 5.10 Å². The molecule has 0 amide bonds. The normalized spacial score (nSPS) is 10.6. The van der Waals surface area contributed by atoms with Gasteiger partial charge in [-0.25, -0.2) is 0 Å². The number of nitrogens with one attached hydrogen (secondary N) is 1. The van der Waals surface area contributed by atoms with Gasteiger partial charge in [0, 0.05) is 12.1 Å². The van der Waals surface area contributed by atoms with Crippen LogP contribution < -0.4 is 5.73 Å². The van der Waals surface area contributed by atoms with Gasteiger partial charge in [0.25, 0.3) is 0 Å². The van der Waals surface area contributed by atoms with Crippen molar-refractivity contribution in [3.63, 3.8) is 0 Å². The van der Waals surface area contributed by atoms with Crippen molar-refractivity contribution in [2.45, 2.75) is 6.54 Å². The largest absolute Gasteiger partial charge is 0.448 e. The molecule has 0 aliphatic rings. The number of halogens is 1. The molecule has 68 valence electrons. The second kappa shape index (κ2) is 3.35. The van der Waals surface area contributed by atoms with Crippen molar-refractivity contribution in [1.82, 2.24) is 10.2 Å². The fourth-order valence-corrected chi connectivity index (χ4v) is 1.43. The SMILES string of the molecule is NCc1cn[nH]c1-c1ccc(Br)o1. The van der Waals surface area contributed by atoms with Crippen LogP contribution in [0.4, 0.5) is 0 Å². The third-order valence-electron chi connectivity index (χ3n) is 1.76. The lowest BCUT2D eigenvalue weighted by atomic mass is 10.2. The monoisotopic (exact) mass is 241 g/mol. The van der Waals surface area contributed by atoms with Crippen LogP contribution in [0.2, 0.25) is 0 Å². The molecule has 2 aromatic rings. The number of rotatable bonds is 2. The molecule has 0 unspecified atom stereocenters. The maximum absolute atomic E-state index is 5.53. The summed E-state index contributed by atoms with van der Waals surface area (Å²) in [5, 5.41) is 6.74. The Labute approximate surface area is 83.3 Å². The zero-order chi connectivity index (χ0) is 9.26. The maximum atomic E-state index is 5.53. The minimum absolute atomic E-state index is 0.449. The molecule has 0 aliphatic carbocycles. The van der Waals surface area contributed by atoms with Crippen LogP contribution in [0.25, 0.3) is 11.5 Å². The second-order valence-corrected chi connectivity index (χ2v) is 3.36. The Hall–Kier alpha value is -1.07. The van der Waals surface area contributed by atoms with Gasteiger partial charge >= 0.3 is 0 Å². The fraction of sp³-hybridized carbons (Fsp3) is 0.125. The predicted octanol–water partition coefficient (Wildman–Crippen LogP) is 1.89. The number of nitrogens with two attached hydrogens (primary N) is 1. The van der Waals surface area contributed by atoms with Crippen molar-refractivity contribution in [2.75, 3.05) is 0 Å². The number of furan rings is 1. The smallest absolute Gasteiger partial charge is 0.169 e. The molecule has 0 spiro atoms. The molecule has 2 heterocycles. The molecule has 2 rings (SSSR count). The van der Waals surface area contributed by atoms with Crippen molar-refractivity contribution in [1.29, 1.82) is 0 Å². The molecule has 0 saturated heterocycles. The fourth-order valence-electron chi connectivity index (χ4n) is 1.13. The average Bonchev–Trinajstić information content (AvgIpc) is 2.71. The number of nitrogens with zero attached hydrogens (tertiary/aromatic N) is 1. The molecule has 0 atom stereocenters. The van der Waals surface area contributed by atoms with Crippen LogP contribution in [0.3, 0.4) is 0 Å². The molecule has 13 heavy (non-hydrogen) atoms. The van der Waals surface area contributed by atoms with Crippen LogP contribution in [0.5, 0.6) is 0 Å². The third kappa shape index (κ3) is 1.52. The molecule has 0 aromatic carbocycles. The molecule has 0 aliphatic heterocycles. The summed E-state index contributed by atoms with van der Waals surface area (Å²) in [6, 6.07) is 3.69. The lowest BCUT2D eigenvalue weighted by Crippen LogP contribution is -1.95. The van der Waals surface area contributed by atoms with Gasteiger partial charge in [-0.3, -0.25) is 5.10 Å². The summed E-state index contributed by atoms with van der Waals surface area (Å²) in [4.78, 5) is 0. The quantitative estimate of drug-likeness (QED) is 0.844. The lowest BCUT2D eigenvalue weighted by molar-refractivity contribution is 0.553. The summed E-state index contributed by atoms with van der Waals surface area (Å²) in [7, 11) is 0. The van der Waals surface area contributed by atoms with Crippen molar-refractivity contribution in [2.24, 2.45) is 5.73 Å². The van der Waals surface area contributed by atoms with E-state index in [4.69, 9.17) is 10.2 Å². The van der Waals surface area contributed by atoms with E-state index >= 15 is 0 Å². The Morgan fingerprint density at radius 3 is 3.00 bits per heavy atom. The minimum Gasteiger partial charge on any atom is -0.448 e. The molecule has 0 bridgehead atoms. The highest BCUT2D eigenvalue weighted by molar-refractivity contribution is 9.10. The summed E-state index contributed by atoms with van der Waals surface area (Å²) in [6.45, 7) is 0.449. The van der Waals surface area contributed by atoms with Gasteiger partial charge in [0.15, 0.2) is 10.4 Å². The van der Waals surface area contributed by atoms with Crippen LogP contribution >= 0.6 is 15.9 Å². The van der Waals surface area contributed by atoms with E-state index in [9.17, 15) is 0 Å². The molecule has 0 fully saturated rings. The number of hydrogen-bond acceptors (Lipinski definition) is 3. The van der Waals surface area contributed by atoms with Crippen molar-refractivity contribution in [3.8, 4) is 11.5 Å². The van der Waals surface area contributed by atoms with E-state index in [2.05, 4.69) is 26.1 Å². The van der Waals surface area contributed by atoms with Gasteiger partial charge < -0.3 is 10.2 Å². The van der Waals surface area contributed by atoms with Gasteiger partial charge in [-0.05, 0) is 28.1 Å². The van der Waals surface area contributed by atoms with E-state index in [1.165, 1.54) is 0 Å².